The molecule has 1 aromatic carbocycles. The number of nitrogens with one attached hydrogen (secondary N) is 2. The van der Waals surface area contributed by atoms with E-state index in [4.69, 9.17) is 5.73 Å². The molecule has 0 spiro atoms. The number of aromatic nitrogens is 1. The summed E-state index contributed by atoms with van der Waals surface area (Å²) in [6.45, 7) is 0. The van der Waals surface area contributed by atoms with Gasteiger partial charge in [0.25, 0.3) is 5.91 Å². The van der Waals surface area contributed by atoms with Crippen LogP contribution in [-0.4, -0.2) is 23.0 Å². The zero-order valence-corrected chi connectivity index (χ0v) is 10.4. The Morgan fingerprint density at radius 2 is 2.21 bits per heavy atom. The summed E-state index contributed by atoms with van der Waals surface area (Å²) in [6, 6.07) is 4.15. The number of imide groups is 1. The molecule has 1 fully saturated rings. The second-order valence-corrected chi connectivity index (χ2v) is 4.96. The summed E-state index contributed by atoms with van der Waals surface area (Å²) in [5, 5.41) is 5.03. The lowest BCUT2D eigenvalue weighted by molar-refractivity contribution is -0.119. The van der Waals surface area contributed by atoms with Crippen LogP contribution in [0.25, 0.3) is 10.2 Å². The number of fused-ring (bicyclic) bond motifs is 1. The number of amides is 3. The molecule has 0 saturated carbocycles. The molecule has 1 atom stereocenters. The Bertz CT molecular complexity index is 756. The smallest absolute Gasteiger partial charge is 0.322 e. The highest BCUT2D eigenvalue weighted by Gasteiger charge is 2.27. The third-order valence-corrected chi connectivity index (χ3v) is 3.39. The number of hydrogen-bond acceptors (Lipinski definition) is 5. The number of rotatable bonds is 0. The highest BCUT2D eigenvalue weighted by atomic mass is 32.1. The Hall–Kier alpha value is -2.59. The van der Waals surface area contributed by atoms with Crippen molar-refractivity contribution < 1.29 is 9.59 Å². The predicted octanol–water partition coefficient (Wildman–Crippen LogP) is 0.438. The predicted molar refractivity (Wildman–Crippen MR) is 71.4 cm³/mol. The van der Waals surface area contributed by atoms with Gasteiger partial charge in [0, 0.05) is 5.56 Å². The Morgan fingerprint density at radius 1 is 1.37 bits per heavy atom. The average molecular weight is 272 g/mol. The summed E-state index contributed by atoms with van der Waals surface area (Å²) in [5.41, 5.74) is 7.18. The topological polar surface area (TPSA) is 97.1 Å². The standard InChI is InChI=1S/C12H8N4O2S/c13-11-14-7-3-1-6(5-9(7)19-11)2-4-8-10(17)16-12(18)15-8/h1,3,5,8H,(H2,13,14)(H2,15,16,17,18). The minimum absolute atomic E-state index is 0.430. The molecule has 19 heavy (non-hydrogen) atoms. The van der Waals surface area contributed by atoms with E-state index in [0.717, 1.165) is 15.8 Å². The number of thiazole rings is 1. The van der Waals surface area contributed by atoms with Crippen molar-refractivity contribution in [1.82, 2.24) is 15.6 Å². The van der Waals surface area contributed by atoms with Gasteiger partial charge in [-0.05, 0) is 18.2 Å². The van der Waals surface area contributed by atoms with Crippen molar-refractivity contribution in [2.45, 2.75) is 6.04 Å². The number of anilines is 1. The van der Waals surface area contributed by atoms with Gasteiger partial charge in [-0.3, -0.25) is 10.1 Å². The normalized spacial score (nSPS) is 17.8. The fourth-order valence-corrected chi connectivity index (χ4v) is 2.47. The van der Waals surface area contributed by atoms with Crippen molar-refractivity contribution in [3.8, 4) is 11.8 Å². The number of nitrogen functional groups attached to an aromatic ring is 1. The summed E-state index contributed by atoms with van der Waals surface area (Å²) in [4.78, 5) is 26.4. The number of hydrogen-bond donors (Lipinski definition) is 3. The van der Waals surface area contributed by atoms with E-state index in [1.54, 1.807) is 6.07 Å². The van der Waals surface area contributed by atoms with Gasteiger partial charge in [-0.2, -0.15) is 0 Å². The Morgan fingerprint density at radius 3 is 2.95 bits per heavy atom. The molecular formula is C12H8N4O2S. The highest BCUT2D eigenvalue weighted by Crippen LogP contribution is 2.24. The van der Waals surface area contributed by atoms with Crippen molar-refractivity contribution in [1.29, 1.82) is 0 Å². The molecule has 4 N–H and O–H groups in total. The Balaban J connectivity index is 1.89. The highest BCUT2D eigenvalue weighted by molar-refractivity contribution is 7.22. The molecule has 2 aromatic rings. The van der Waals surface area contributed by atoms with Gasteiger partial charge in [-0.15, -0.1) is 0 Å². The maximum Gasteiger partial charge on any atom is 0.322 e. The maximum atomic E-state index is 11.3. The van der Waals surface area contributed by atoms with E-state index in [2.05, 4.69) is 27.5 Å². The van der Waals surface area contributed by atoms with Crippen LogP contribution in [0.15, 0.2) is 18.2 Å². The minimum atomic E-state index is -0.797. The summed E-state index contributed by atoms with van der Waals surface area (Å²) in [6.07, 6.45) is 0. The van der Waals surface area contributed by atoms with E-state index in [0.29, 0.717) is 5.13 Å². The fourth-order valence-electron chi connectivity index (χ4n) is 1.69. The van der Waals surface area contributed by atoms with Gasteiger partial charge in [0.2, 0.25) is 0 Å². The van der Waals surface area contributed by atoms with Crippen LogP contribution in [0.3, 0.4) is 0 Å². The number of carbonyl (C=O) groups is 2. The lowest BCUT2D eigenvalue weighted by Crippen LogP contribution is -2.26. The average Bonchev–Trinajstić information content (AvgIpc) is 2.87. The third-order valence-electron chi connectivity index (χ3n) is 2.54. The van der Waals surface area contributed by atoms with Gasteiger partial charge in [-0.1, -0.05) is 23.2 Å². The molecular weight excluding hydrogens is 264 g/mol. The zero-order chi connectivity index (χ0) is 13.4. The molecule has 0 radical (unpaired) electrons. The summed E-state index contributed by atoms with van der Waals surface area (Å²) in [7, 11) is 0. The molecule has 3 amide bonds. The molecule has 1 aliphatic rings. The number of carbonyl (C=O) groups excluding carboxylic acids is 2. The van der Waals surface area contributed by atoms with Crippen molar-refractivity contribution in [3.63, 3.8) is 0 Å². The van der Waals surface area contributed by atoms with Crippen molar-refractivity contribution in [2.75, 3.05) is 5.73 Å². The van der Waals surface area contributed by atoms with Crippen LogP contribution in [0.1, 0.15) is 5.56 Å². The number of urea groups is 1. The molecule has 94 valence electrons. The molecule has 7 heteroatoms. The quantitative estimate of drug-likeness (QED) is 0.479. The third kappa shape index (κ3) is 2.21. The minimum Gasteiger partial charge on any atom is -0.375 e. The van der Waals surface area contributed by atoms with Gasteiger partial charge in [0.1, 0.15) is 0 Å². The fraction of sp³-hybridized carbons (Fsp3) is 0.0833. The summed E-state index contributed by atoms with van der Waals surface area (Å²) in [5.74, 6) is 5.13. The van der Waals surface area contributed by atoms with Gasteiger partial charge < -0.3 is 11.1 Å². The van der Waals surface area contributed by atoms with Gasteiger partial charge in [0.05, 0.1) is 10.2 Å². The molecule has 2 heterocycles. The van der Waals surface area contributed by atoms with Crippen LogP contribution >= 0.6 is 11.3 Å². The lowest BCUT2D eigenvalue weighted by Gasteiger charge is -1.95. The second-order valence-electron chi connectivity index (χ2n) is 3.90. The lowest BCUT2D eigenvalue weighted by atomic mass is 10.2. The van der Waals surface area contributed by atoms with Crippen molar-refractivity contribution in [3.05, 3.63) is 23.8 Å². The number of nitrogens with zero attached hydrogens (tertiary/aromatic N) is 1. The van der Waals surface area contributed by atoms with E-state index >= 15 is 0 Å². The van der Waals surface area contributed by atoms with E-state index in [1.165, 1.54) is 11.3 Å². The monoisotopic (exact) mass is 272 g/mol. The SMILES string of the molecule is Nc1nc2ccc(C#CC3NC(=O)NC3=O)cc2s1. The molecule has 0 aliphatic carbocycles. The molecule has 0 bridgehead atoms. The van der Waals surface area contributed by atoms with Gasteiger partial charge in [0.15, 0.2) is 11.2 Å². The number of benzene rings is 1. The van der Waals surface area contributed by atoms with Crippen LogP contribution in [0.4, 0.5) is 9.93 Å². The van der Waals surface area contributed by atoms with Crippen LogP contribution in [0, 0.1) is 11.8 Å². The zero-order valence-electron chi connectivity index (χ0n) is 9.56. The van der Waals surface area contributed by atoms with Crippen LogP contribution in [-0.2, 0) is 4.79 Å². The first-order valence-electron chi connectivity index (χ1n) is 5.41. The Labute approximate surface area is 112 Å². The van der Waals surface area contributed by atoms with E-state index in [-0.39, 0.29) is 0 Å². The van der Waals surface area contributed by atoms with Crippen LogP contribution in [0.2, 0.25) is 0 Å². The van der Waals surface area contributed by atoms with Crippen LogP contribution < -0.4 is 16.4 Å². The first-order chi connectivity index (χ1) is 9.11. The van der Waals surface area contributed by atoms with E-state index in [9.17, 15) is 9.59 Å². The molecule has 1 unspecified atom stereocenters. The van der Waals surface area contributed by atoms with Gasteiger partial charge >= 0.3 is 6.03 Å². The van der Waals surface area contributed by atoms with Crippen molar-refractivity contribution >= 4 is 38.6 Å². The largest absolute Gasteiger partial charge is 0.375 e. The summed E-state index contributed by atoms with van der Waals surface area (Å²) >= 11 is 1.38. The molecule has 1 aromatic heterocycles. The first-order valence-corrected chi connectivity index (χ1v) is 6.22. The molecule has 3 rings (SSSR count). The van der Waals surface area contributed by atoms with E-state index < -0.39 is 18.0 Å². The van der Waals surface area contributed by atoms with E-state index in [1.807, 2.05) is 12.1 Å². The molecule has 1 aliphatic heterocycles. The van der Waals surface area contributed by atoms with Crippen LogP contribution in [0.5, 0.6) is 0 Å². The first kappa shape index (κ1) is 11.5. The maximum absolute atomic E-state index is 11.3. The molecule has 6 nitrogen and oxygen atoms in total. The van der Waals surface area contributed by atoms with Gasteiger partial charge in [-0.25, -0.2) is 9.78 Å². The molecule has 1 saturated heterocycles. The second kappa shape index (κ2) is 4.26. The Kier molecular flexibility index (Phi) is 2.58. The number of nitrogens with two attached hydrogens (primary N) is 1. The summed E-state index contributed by atoms with van der Waals surface area (Å²) < 4.78 is 0.934. The van der Waals surface area contributed by atoms with Crippen molar-refractivity contribution in [2.24, 2.45) is 0 Å².